The number of carbonyl (C=O) groups is 1. The van der Waals surface area contributed by atoms with Crippen LogP contribution in [0.15, 0.2) is 47.4 Å². The lowest BCUT2D eigenvalue weighted by molar-refractivity contribution is 0.0943. The van der Waals surface area contributed by atoms with Gasteiger partial charge in [-0.25, -0.2) is 0 Å². The van der Waals surface area contributed by atoms with E-state index in [1.807, 2.05) is 30.3 Å². The van der Waals surface area contributed by atoms with Gasteiger partial charge in [-0.05, 0) is 12.0 Å². The summed E-state index contributed by atoms with van der Waals surface area (Å²) >= 11 is 0. The number of carbonyl (C=O) groups excluding carboxylic acids is 1. The van der Waals surface area contributed by atoms with Gasteiger partial charge < -0.3 is 19.8 Å². The van der Waals surface area contributed by atoms with Crippen LogP contribution in [0.2, 0.25) is 0 Å². The quantitative estimate of drug-likeness (QED) is 0.727. The average Bonchev–Trinajstić information content (AvgIpc) is 2.58. The molecule has 2 aromatic rings. The third-order valence-corrected chi connectivity index (χ3v) is 3.17. The molecule has 6 nitrogen and oxygen atoms in total. The number of nitrogens with one attached hydrogen (secondary N) is 2. The van der Waals surface area contributed by atoms with Crippen molar-refractivity contribution < 1.29 is 14.3 Å². The number of amides is 1. The summed E-state index contributed by atoms with van der Waals surface area (Å²) in [6, 6.07) is 10.8. The van der Waals surface area contributed by atoms with E-state index in [-0.39, 0.29) is 22.8 Å². The van der Waals surface area contributed by atoms with Gasteiger partial charge in [-0.2, -0.15) is 0 Å². The molecule has 0 fully saturated rings. The summed E-state index contributed by atoms with van der Waals surface area (Å²) < 4.78 is 10.4. The van der Waals surface area contributed by atoms with Gasteiger partial charge in [-0.15, -0.1) is 0 Å². The molecule has 1 aromatic heterocycles. The van der Waals surface area contributed by atoms with Gasteiger partial charge in [0.25, 0.3) is 5.91 Å². The Morgan fingerprint density at radius 2 is 2.04 bits per heavy atom. The fourth-order valence-corrected chi connectivity index (χ4v) is 1.95. The summed E-state index contributed by atoms with van der Waals surface area (Å²) in [5.41, 5.74) is 0.841. The highest BCUT2D eigenvalue weighted by molar-refractivity contribution is 5.92. The van der Waals surface area contributed by atoms with Crippen LogP contribution in [0.5, 0.6) is 5.75 Å². The van der Waals surface area contributed by atoms with Crippen molar-refractivity contribution in [1.82, 2.24) is 10.3 Å². The van der Waals surface area contributed by atoms with Gasteiger partial charge in [-0.3, -0.25) is 9.59 Å². The van der Waals surface area contributed by atoms with Crippen LogP contribution in [0.4, 0.5) is 0 Å². The highest BCUT2D eigenvalue weighted by Crippen LogP contribution is 2.07. The van der Waals surface area contributed by atoms with E-state index < -0.39 is 0 Å². The van der Waals surface area contributed by atoms with Gasteiger partial charge in [0.15, 0.2) is 5.75 Å². The molecule has 0 aliphatic carbocycles. The molecule has 1 amide bonds. The van der Waals surface area contributed by atoms with Crippen molar-refractivity contribution in [1.29, 1.82) is 0 Å². The molecule has 2 N–H and O–H groups in total. The van der Waals surface area contributed by atoms with E-state index in [4.69, 9.17) is 9.47 Å². The standard InChI is InChI=1S/C17H20N2O4/c1-22-9-5-8-18-17(21)14-10-15(20)16(11-19-14)23-12-13-6-3-2-4-7-13/h2-4,6-7,10-11H,5,8-9,12H2,1H3,(H,18,21)(H,19,20). The number of benzene rings is 1. The zero-order valence-electron chi connectivity index (χ0n) is 13.0. The van der Waals surface area contributed by atoms with E-state index in [0.717, 1.165) is 5.56 Å². The van der Waals surface area contributed by atoms with Gasteiger partial charge in [0, 0.05) is 32.5 Å². The lowest BCUT2D eigenvalue weighted by Crippen LogP contribution is -2.27. The first-order chi connectivity index (χ1) is 11.2. The number of H-pyrrole nitrogens is 1. The molecular weight excluding hydrogens is 296 g/mol. The Bertz CT molecular complexity index is 682. The molecule has 6 heteroatoms. The van der Waals surface area contributed by atoms with Crippen molar-refractivity contribution in [3.8, 4) is 5.75 Å². The molecule has 0 saturated carbocycles. The normalized spacial score (nSPS) is 10.3. The van der Waals surface area contributed by atoms with E-state index in [1.54, 1.807) is 7.11 Å². The summed E-state index contributed by atoms with van der Waals surface area (Å²) in [5.74, 6) is -0.141. The van der Waals surface area contributed by atoms with Crippen molar-refractivity contribution in [2.45, 2.75) is 13.0 Å². The number of aromatic amines is 1. The van der Waals surface area contributed by atoms with Crippen LogP contribution < -0.4 is 15.5 Å². The van der Waals surface area contributed by atoms with E-state index in [0.29, 0.717) is 26.2 Å². The maximum Gasteiger partial charge on any atom is 0.267 e. The lowest BCUT2D eigenvalue weighted by atomic mass is 10.2. The minimum absolute atomic E-state index is 0.185. The number of hydrogen-bond donors (Lipinski definition) is 2. The number of ether oxygens (including phenoxy) is 2. The predicted molar refractivity (Wildman–Crippen MR) is 86.7 cm³/mol. The van der Waals surface area contributed by atoms with Crippen molar-refractivity contribution in [3.05, 3.63) is 64.1 Å². The van der Waals surface area contributed by atoms with Crippen molar-refractivity contribution in [2.24, 2.45) is 0 Å². The fourth-order valence-electron chi connectivity index (χ4n) is 1.95. The summed E-state index contributed by atoms with van der Waals surface area (Å²) in [7, 11) is 1.60. The molecule has 0 saturated heterocycles. The minimum atomic E-state index is -0.332. The van der Waals surface area contributed by atoms with Crippen molar-refractivity contribution in [2.75, 3.05) is 20.3 Å². The van der Waals surface area contributed by atoms with E-state index in [9.17, 15) is 9.59 Å². The molecule has 1 aromatic carbocycles. The minimum Gasteiger partial charge on any atom is -0.483 e. The third-order valence-electron chi connectivity index (χ3n) is 3.17. The van der Waals surface area contributed by atoms with Gasteiger partial charge in [-0.1, -0.05) is 30.3 Å². The summed E-state index contributed by atoms with van der Waals surface area (Å²) in [6.45, 7) is 1.36. The molecule has 23 heavy (non-hydrogen) atoms. The highest BCUT2D eigenvalue weighted by Gasteiger charge is 2.09. The van der Waals surface area contributed by atoms with E-state index in [2.05, 4.69) is 10.3 Å². The topological polar surface area (TPSA) is 80.4 Å². The molecular formula is C17H20N2O4. The Labute approximate surface area is 134 Å². The first-order valence-electron chi connectivity index (χ1n) is 7.37. The largest absolute Gasteiger partial charge is 0.483 e. The Morgan fingerprint density at radius 1 is 1.26 bits per heavy atom. The smallest absolute Gasteiger partial charge is 0.267 e. The molecule has 1 heterocycles. The average molecular weight is 316 g/mol. The zero-order valence-corrected chi connectivity index (χ0v) is 13.0. The molecule has 2 rings (SSSR count). The Balaban J connectivity index is 1.92. The van der Waals surface area contributed by atoms with Crippen LogP contribution in [0.1, 0.15) is 22.5 Å². The first kappa shape index (κ1) is 16.8. The van der Waals surface area contributed by atoms with Crippen LogP contribution in [0, 0.1) is 0 Å². The second kappa shape index (κ2) is 8.75. The highest BCUT2D eigenvalue weighted by atomic mass is 16.5. The molecule has 122 valence electrons. The Kier molecular flexibility index (Phi) is 6.38. The monoisotopic (exact) mass is 316 g/mol. The number of hydrogen-bond acceptors (Lipinski definition) is 4. The molecule has 0 radical (unpaired) electrons. The van der Waals surface area contributed by atoms with Crippen LogP contribution in [0.25, 0.3) is 0 Å². The van der Waals surface area contributed by atoms with Gasteiger partial charge in [0.1, 0.15) is 12.3 Å². The number of pyridine rings is 1. The van der Waals surface area contributed by atoms with Crippen molar-refractivity contribution in [3.63, 3.8) is 0 Å². The number of aromatic nitrogens is 1. The molecule has 0 atom stereocenters. The Hall–Kier alpha value is -2.60. The molecule has 0 unspecified atom stereocenters. The zero-order chi connectivity index (χ0) is 16.5. The van der Waals surface area contributed by atoms with E-state index >= 15 is 0 Å². The van der Waals surface area contributed by atoms with Crippen LogP contribution in [-0.4, -0.2) is 31.2 Å². The van der Waals surface area contributed by atoms with Crippen LogP contribution in [0.3, 0.4) is 0 Å². The predicted octanol–water partition coefficient (Wildman–Crippen LogP) is 1.72. The molecule has 0 aliphatic rings. The summed E-state index contributed by atoms with van der Waals surface area (Å²) in [5, 5.41) is 2.71. The maximum absolute atomic E-state index is 12.0. The second-order valence-corrected chi connectivity index (χ2v) is 4.95. The van der Waals surface area contributed by atoms with Crippen LogP contribution >= 0.6 is 0 Å². The van der Waals surface area contributed by atoms with Crippen molar-refractivity contribution >= 4 is 5.91 Å². The second-order valence-electron chi connectivity index (χ2n) is 4.95. The number of rotatable bonds is 8. The first-order valence-corrected chi connectivity index (χ1v) is 7.37. The van der Waals surface area contributed by atoms with E-state index in [1.165, 1.54) is 12.3 Å². The molecule has 0 spiro atoms. The number of methoxy groups -OCH3 is 1. The fraction of sp³-hybridized carbons (Fsp3) is 0.294. The third kappa shape index (κ3) is 5.27. The lowest BCUT2D eigenvalue weighted by Gasteiger charge is -2.07. The summed E-state index contributed by atoms with van der Waals surface area (Å²) in [6.07, 6.45) is 2.13. The van der Waals surface area contributed by atoms with Gasteiger partial charge >= 0.3 is 0 Å². The maximum atomic E-state index is 12.0. The molecule has 0 aliphatic heterocycles. The van der Waals surface area contributed by atoms with Gasteiger partial charge in [0.05, 0.1) is 0 Å². The van der Waals surface area contributed by atoms with Gasteiger partial charge in [0.2, 0.25) is 5.43 Å². The summed E-state index contributed by atoms with van der Waals surface area (Å²) in [4.78, 5) is 26.7. The molecule has 0 bridgehead atoms. The Morgan fingerprint density at radius 3 is 2.74 bits per heavy atom. The SMILES string of the molecule is COCCCNC(=O)c1cc(=O)c(OCc2ccccc2)c[nH]1. The van der Waals surface area contributed by atoms with Crippen LogP contribution in [-0.2, 0) is 11.3 Å².